The van der Waals surface area contributed by atoms with Gasteiger partial charge in [-0.25, -0.2) is 5.01 Å². The van der Waals surface area contributed by atoms with Crippen LogP contribution in [-0.4, -0.2) is 28.4 Å². The molecule has 24 heavy (non-hydrogen) atoms. The summed E-state index contributed by atoms with van der Waals surface area (Å²) in [7, 11) is 0. The number of carbonyl (C=O) groups is 3. The summed E-state index contributed by atoms with van der Waals surface area (Å²) in [5, 5.41) is 8.01. The molecule has 2 heterocycles. The number of hydrogen-bond acceptors (Lipinski definition) is 4. The summed E-state index contributed by atoms with van der Waals surface area (Å²) < 4.78 is 0. The van der Waals surface area contributed by atoms with Gasteiger partial charge in [-0.2, -0.15) is 5.10 Å². The molecule has 0 saturated heterocycles. The van der Waals surface area contributed by atoms with Gasteiger partial charge in [-0.1, -0.05) is 18.2 Å². The van der Waals surface area contributed by atoms with Gasteiger partial charge in [0.2, 0.25) is 5.91 Å². The van der Waals surface area contributed by atoms with E-state index in [1.807, 2.05) is 6.07 Å². The van der Waals surface area contributed by atoms with Crippen molar-refractivity contribution in [3.05, 3.63) is 48.3 Å². The highest BCUT2D eigenvalue weighted by Crippen LogP contribution is 2.20. The maximum absolute atomic E-state index is 12.3. The maximum atomic E-state index is 12.3. The van der Waals surface area contributed by atoms with Gasteiger partial charge in [0.15, 0.2) is 0 Å². The highest BCUT2D eigenvalue weighted by atomic mass is 16.2. The molecule has 2 aromatic rings. The first-order valence-electron chi connectivity index (χ1n) is 7.29. The van der Waals surface area contributed by atoms with Crippen LogP contribution in [0.4, 0.5) is 11.4 Å². The van der Waals surface area contributed by atoms with Crippen LogP contribution in [0.15, 0.2) is 47.7 Å². The molecule has 1 aromatic carbocycles. The Balaban J connectivity index is 1.78. The number of primary amides is 1. The normalized spacial score (nSPS) is 14.2. The molecule has 0 saturated carbocycles. The molecule has 0 spiro atoms. The third-order valence-electron chi connectivity index (χ3n) is 3.50. The minimum atomic E-state index is -0.619. The lowest BCUT2D eigenvalue weighted by molar-refractivity contribution is -0.118. The number of carbonyl (C=O) groups excluding carboxylic acids is 3. The lowest BCUT2D eigenvalue weighted by Gasteiger charge is -2.22. The van der Waals surface area contributed by atoms with Gasteiger partial charge in [0.1, 0.15) is 11.4 Å². The van der Waals surface area contributed by atoms with E-state index < -0.39 is 11.8 Å². The lowest BCUT2D eigenvalue weighted by Crippen LogP contribution is -2.36. The van der Waals surface area contributed by atoms with E-state index in [-0.39, 0.29) is 30.2 Å². The van der Waals surface area contributed by atoms with E-state index in [1.54, 1.807) is 24.3 Å². The maximum Gasteiger partial charge on any atom is 0.271 e. The minimum Gasteiger partial charge on any atom is -0.364 e. The molecule has 0 atom stereocenters. The Bertz CT molecular complexity index is 825. The third kappa shape index (κ3) is 3.17. The number of nitrogens with zero attached hydrogens (tertiary/aromatic N) is 2. The first-order chi connectivity index (χ1) is 11.5. The predicted molar refractivity (Wildman–Crippen MR) is 88.5 cm³/mol. The zero-order chi connectivity index (χ0) is 17.1. The van der Waals surface area contributed by atoms with Gasteiger partial charge in [0, 0.05) is 19.0 Å². The molecule has 4 N–H and O–H groups in total. The molecule has 8 nitrogen and oxygen atoms in total. The Hall–Kier alpha value is -3.42. The fraction of sp³-hybridized carbons (Fsp3) is 0.125. The molecule has 0 bridgehead atoms. The molecular weight excluding hydrogens is 310 g/mol. The summed E-state index contributed by atoms with van der Waals surface area (Å²) in [6.45, 7) is 0. The van der Waals surface area contributed by atoms with Crippen LogP contribution < -0.4 is 16.1 Å². The Morgan fingerprint density at radius 2 is 1.96 bits per heavy atom. The van der Waals surface area contributed by atoms with E-state index in [0.29, 0.717) is 11.4 Å². The quantitative estimate of drug-likeness (QED) is 0.784. The summed E-state index contributed by atoms with van der Waals surface area (Å²) in [5.41, 5.74) is 6.58. The molecule has 0 unspecified atom stereocenters. The number of hydrogen-bond donors (Lipinski definition) is 3. The fourth-order valence-electron chi connectivity index (χ4n) is 2.30. The van der Waals surface area contributed by atoms with Crippen molar-refractivity contribution in [3.8, 4) is 0 Å². The van der Waals surface area contributed by atoms with Crippen molar-refractivity contribution in [1.82, 2.24) is 4.98 Å². The van der Waals surface area contributed by atoms with Crippen LogP contribution >= 0.6 is 0 Å². The van der Waals surface area contributed by atoms with Crippen LogP contribution in [0.3, 0.4) is 0 Å². The second-order valence-electron chi connectivity index (χ2n) is 5.21. The van der Waals surface area contributed by atoms with Crippen molar-refractivity contribution in [3.63, 3.8) is 0 Å². The predicted octanol–water partition coefficient (Wildman–Crippen LogP) is 1.24. The van der Waals surface area contributed by atoms with Crippen molar-refractivity contribution in [2.24, 2.45) is 10.8 Å². The molecule has 1 aliphatic heterocycles. The molecule has 0 fully saturated rings. The van der Waals surface area contributed by atoms with Crippen LogP contribution in [-0.2, 0) is 9.59 Å². The molecule has 0 aliphatic carbocycles. The number of nitrogens with one attached hydrogen (secondary N) is 2. The monoisotopic (exact) mass is 325 g/mol. The molecule has 122 valence electrons. The van der Waals surface area contributed by atoms with E-state index in [1.165, 1.54) is 17.3 Å². The Morgan fingerprint density at radius 3 is 2.62 bits per heavy atom. The first kappa shape index (κ1) is 15.5. The average molecular weight is 325 g/mol. The second-order valence-corrected chi connectivity index (χ2v) is 5.21. The highest BCUT2D eigenvalue weighted by molar-refractivity contribution is 6.44. The highest BCUT2D eigenvalue weighted by Gasteiger charge is 2.25. The topological polar surface area (TPSA) is 121 Å². The average Bonchev–Trinajstić information content (AvgIpc) is 3.05. The Kier molecular flexibility index (Phi) is 4.11. The zero-order valence-corrected chi connectivity index (χ0v) is 12.7. The minimum absolute atomic E-state index is 0.171. The Morgan fingerprint density at radius 1 is 1.21 bits per heavy atom. The molecular formula is C16H15N5O3. The third-order valence-corrected chi connectivity index (χ3v) is 3.50. The summed E-state index contributed by atoms with van der Waals surface area (Å²) in [5.74, 6) is -1.22. The summed E-state index contributed by atoms with van der Waals surface area (Å²) in [4.78, 5) is 38.1. The van der Waals surface area contributed by atoms with E-state index in [2.05, 4.69) is 15.4 Å². The standard InChI is InChI=1S/C16H15N5O3/c17-15(23)13-8-10(9-18-13)19-16(24)12-6-7-14(22)21(20-12)11-4-2-1-3-5-11/h1-5,8-9,18H,6-7H2,(H2,17,23)(H,19,24). The van der Waals surface area contributed by atoms with E-state index >= 15 is 0 Å². The van der Waals surface area contributed by atoms with Gasteiger partial charge in [0.05, 0.1) is 11.4 Å². The van der Waals surface area contributed by atoms with E-state index in [9.17, 15) is 14.4 Å². The van der Waals surface area contributed by atoms with Gasteiger partial charge >= 0.3 is 0 Å². The van der Waals surface area contributed by atoms with Crippen LogP contribution in [0.25, 0.3) is 0 Å². The molecule has 8 heteroatoms. The van der Waals surface area contributed by atoms with Crippen LogP contribution in [0.1, 0.15) is 23.3 Å². The van der Waals surface area contributed by atoms with Gasteiger partial charge in [-0.3, -0.25) is 14.4 Å². The van der Waals surface area contributed by atoms with Crippen LogP contribution in [0.2, 0.25) is 0 Å². The van der Waals surface area contributed by atoms with Gasteiger partial charge in [-0.15, -0.1) is 0 Å². The number of para-hydroxylation sites is 1. The van der Waals surface area contributed by atoms with Crippen molar-refractivity contribution < 1.29 is 14.4 Å². The molecule has 3 rings (SSSR count). The fourth-order valence-corrected chi connectivity index (χ4v) is 2.30. The number of amides is 3. The van der Waals surface area contributed by atoms with E-state index in [4.69, 9.17) is 5.73 Å². The number of benzene rings is 1. The van der Waals surface area contributed by atoms with Crippen LogP contribution in [0, 0.1) is 0 Å². The van der Waals surface area contributed by atoms with Crippen molar-refractivity contribution in [2.75, 3.05) is 10.3 Å². The first-order valence-corrected chi connectivity index (χ1v) is 7.29. The largest absolute Gasteiger partial charge is 0.364 e. The van der Waals surface area contributed by atoms with Crippen LogP contribution in [0.5, 0.6) is 0 Å². The smallest absolute Gasteiger partial charge is 0.271 e. The Labute approximate surface area is 137 Å². The summed E-state index contributed by atoms with van der Waals surface area (Å²) >= 11 is 0. The van der Waals surface area contributed by atoms with Gasteiger partial charge in [-0.05, 0) is 18.2 Å². The number of nitrogens with two attached hydrogens (primary N) is 1. The molecule has 0 radical (unpaired) electrons. The lowest BCUT2D eigenvalue weighted by atomic mass is 10.1. The van der Waals surface area contributed by atoms with Crippen molar-refractivity contribution in [2.45, 2.75) is 12.8 Å². The number of anilines is 2. The number of rotatable bonds is 4. The number of aromatic nitrogens is 1. The second kappa shape index (κ2) is 6.37. The number of hydrazone groups is 1. The van der Waals surface area contributed by atoms with Crippen molar-refractivity contribution >= 4 is 34.8 Å². The molecule has 3 amide bonds. The molecule has 1 aromatic heterocycles. The zero-order valence-electron chi connectivity index (χ0n) is 12.7. The van der Waals surface area contributed by atoms with Gasteiger partial charge < -0.3 is 16.0 Å². The molecule has 1 aliphatic rings. The van der Waals surface area contributed by atoms with E-state index in [0.717, 1.165) is 0 Å². The number of aromatic amines is 1. The number of H-pyrrole nitrogens is 1. The van der Waals surface area contributed by atoms with Gasteiger partial charge in [0.25, 0.3) is 11.8 Å². The summed E-state index contributed by atoms with van der Waals surface area (Å²) in [6, 6.07) is 10.3. The van der Waals surface area contributed by atoms with Crippen molar-refractivity contribution in [1.29, 1.82) is 0 Å². The summed E-state index contributed by atoms with van der Waals surface area (Å²) in [6.07, 6.45) is 1.91. The SMILES string of the molecule is NC(=O)c1cc(NC(=O)C2=NN(c3ccccc3)C(=O)CC2)c[nH]1.